The van der Waals surface area contributed by atoms with Crippen molar-refractivity contribution in [3.05, 3.63) is 134 Å². The van der Waals surface area contributed by atoms with Gasteiger partial charge in [-0.2, -0.15) is 0 Å². The van der Waals surface area contributed by atoms with Crippen molar-refractivity contribution in [3.8, 4) is 0 Å². The van der Waals surface area contributed by atoms with E-state index >= 15 is 0 Å². The second kappa shape index (κ2) is 16.3. The van der Waals surface area contributed by atoms with E-state index in [4.69, 9.17) is 14.2 Å². The van der Waals surface area contributed by atoms with E-state index in [0.29, 0.717) is 30.2 Å². The number of hydrogen-bond acceptors (Lipinski definition) is 9. The van der Waals surface area contributed by atoms with Crippen molar-refractivity contribution in [1.29, 1.82) is 0 Å². The fourth-order valence-corrected chi connectivity index (χ4v) is 5.63. The van der Waals surface area contributed by atoms with Gasteiger partial charge in [-0.25, -0.2) is 9.59 Å². The standard InChI is InChI=1S/C39H45N3O7/c1-25(2)49-38(44)35-28(5)41-27(4)34(36(35)32-11-8-12-33(20-32)42(45)46)37(43)48-24-39(6,7)23-47-22-26(3)18-29-13-15-30(16-14-29)19-31-10-9-17-40-21-31/h8-18,20-21,25,36,41H,19,22-24H2,1-7H3/b26-18+. The molecule has 0 amide bonds. The lowest BCUT2D eigenvalue weighted by Gasteiger charge is -2.31. The molecule has 10 heteroatoms. The van der Waals surface area contributed by atoms with E-state index in [1.165, 1.54) is 23.8 Å². The van der Waals surface area contributed by atoms with Crippen molar-refractivity contribution >= 4 is 23.7 Å². The van der Waals surface area contributed by atoms with Gasteiger partial charge in [-0.15, -0.1) is 0 Å². The fraction of sp³-hybridized carbons (Fsp3) is 0.359. The molecule has 0 radical (unpaired) electrons. The van der Waals surface area contributed by atoms with Gasteiger partial charge in [0.25, 0.3) is 5.69 Å². The lowest BCUT2D eigenvalue weighted by Crippen LogP contribution is -2.34. The minimum atomic E-state index is -0.934. The van der Waals surface area contributed by atoms with Gasteiger partial charge < -0.3 is 19.5 Å². The van der Waals surface area contributed by atoms with Crippen LogP contribution >= 0.6 is 0 Å². The Morgan fingerprint density at radius 2 is 1.67 bits per heavy atom. The van der Waals surface area contributed by atoms with E-state index in [1.807, 2.05) is 33.0 Å². The highest BCUT2D eigenvalue weighted by Crippen LogP contribution is 2.40. The van der Waals surface area contributed by atoms with Crippen LogP contribution < -0.4 is 5.32 Å². The quantitative estimate of drug-likeness (QED) is 0.106. The molecule has 1 aliphatic rings. The predicted octanol–water partition coefficient (Wildman–Crippen LogP) is 7.46. The summed E-state index contributed by atoms with van der Waals surface area (Å²) in [6.45, 7) is 13.5. The van der Waals surface area contributed by atoms with Crippen LogP contribution in [0.1, 0.15) is 76.6 Å². The number of nitrogens with one attached hydrogen (secondary N) is 1. The average Bonchev–Trinajstić information content (AvgIpc) is 3.04. The number of esters is 2. The van der Waals surface area contributed by atoms with Crippen LogP contribution in [-0.2, 0) is 30.2 Å². The number of benzene rings is 2. The molecule has 10 nitrogen and oxygen atoms in total. The molecule has 0 fully saturated rings. The molecule has 0 aliphatic carbocycles. The average molecular weight is 668 g/mol. The zero-order valence-electron chi connectivity index (χ0n) is 29.2. The normalized spacial score (nSPS) is 15.3. The molecule has 4 rings (SSSR count). The third kappa shape index (κ3) is 10.2. The van der Waals surface area contributed by atoms with Gasteiger partial charge in [0.15, 0.2) is 0 Å². The molecule has 0 saturated carbocycles. The minimum Gasteiger partial charge on any atom is -0.462 e. The van der Waals surface area contributed by atoms with Crippen molar-refractivity contribution in [1.82, 2.24) is 10.3 Å². The van der Waals surface area contributed by atoms with Gasteiger partial charge in [0, 0.05) is 41.3 Å². The molecule has 0 bridgehead atoms. The van der Waals surface area contributed by atoms with Crippen LogP contribution in [-0.4, -0.2) is 47.8 Å². The number of allylic oxidation sites excluding steroid dienone is 2. The van der Waals surface area contributed by atoms with E-state index in [9.17, 15) is 19.7 Å². The van der Waals surface area contributed by atoms with E-state index in [-0.39, 0.29) is 23.4 Å². The Morgan fingerprint density at radius 1 is 0.980 bits per heavy atom. The first-order valence-corrected chi connectivity index (χ1v) is 16.3. The summed E-state index contributed by atoms with van der Waals surface area (Å²) in [7, 11) is 0. The van der Waals surface area contributed by atoms with Crippen LogP contribution in [0.2, 0.25) is 0 Å². The number of ether oxygens (including phenoxy) is 3. The second-order valence-corrected chi connectivity index (χ2v) is 13.4. The van der Waals surface area contributed by atoms with Crippen LogP contribution in [0.15, 0.2) is 101 Å². The number of rotatable bonds is 14. The molecule has 1 aliphatic heterocycles. The van der Waals surface area contributed by atoms with Gasteiger partial charge in [0.2, 0.25) is 0 Å². The summed E-state index contributed by atoms with van der Waals surface area (Å²) in [6.07, 6.45) is 6.14. The van der Waals surface area contributed by atoms with Crippen molar-refractivity contribution in [3.63, 3.8) is 0 Å². The fourth-order valence-electron chi connectivity index (χ4n) is 5.63. The third-order valence-electron chi connectivity index (χ3n) is 7.90. The van der Waals surface area contributed by atoms with Crippen LogP contribution in [0.3, 0.4) is 0 Å². The highest BCUT2D eigenvalue weighted by molar-refractivity contribution is 6.00. The zero-order chi connectivity index (χ0) is 35.7. The summed E-state index contributed by atoms with van der Waals surface area (Å²) in [5.74, 6) is -2.19. The van der Waals surface area contributed by atoms with Gasteiger partial charge in [0.1, 0.15) is 0 Å². The second-order valence-electron chi connectivity index (χ2n) is 13.4. The molecule has 2 heterocycles. The highest BCUT2D eigenvalue weighted by atomic mass is 16.6. The minimum absolute atomic E-state index is 0.0416. The summed E-state index contributed by atoms with van der Waals surface area (Å²) < 4.78 is 17.4. The molecular formula is C39H45N3O7. The number of hydrogen-bond donors (Lipinski definition) is 1. The van der Waals surface area contributed by atoms with Gasteiger partial charge in [-0.3, -0.25) is 15.1 Å². The number of aromatic nitrogens is 1. The maximum atomic E-state index is 13.8. The number of pyridine rings is 1. The molecule has 1 N–H and O–H groups in total. The van der Waals surface area contributed by atoms with Gasteiger partial charge in [0.05, 0.1) is 47.9 Å². The number of carbonyl (C=O) groups is 2. The number of dihydropyridines is 1. The zero-order valence-corrected chi connectivity index (χ0v) is 29.2. The summed E-state index contributed by atoms with van der Waals surface area (Å²) in [4.78, 5) is 42.4. The first kappa shape index (κ1) is 36.7. The predicted molar refractivity (Wildman–Crippen MR) is 188 cm³/mol. The van der Waals surface area contributed by atoms with E-state index < -0.39 is 34.3 Å². The number of nitro groups is 1. The van der Waals surface area contributed by atoms with Crippen LogP contribution in [0.4, 0.5) is 5.69 Å². The van der Waals surface area contributed by atoms with Gasteiger partial charge in [-0.05, 0) is 74.9 Å². The Morgan fingerprint density at radius 3 is 2.31 bits per heavy atom. The smallest absolute Gasteiger partial charge is 0.337 e. The Hall–Kier alpha value is -5.09. The number of nitro benzene ring substituents is 1. The van der Waals surface area contributed by atoms with Gasteiger partial charge >= 0.3 is 11.9 Å². The van der Waals surface area contributed by atoms with E-state index in [1.54, 1.807) is 40.0 Å². The molecule has 0 saturated heterocycles. The lowest BCUT2D eigenvalue weighted by molar-refractivity contribution is -0.384. The summed E-state index contributed by atoms with van der Waals surface area (Å²) in [6, 6.07) is 18.3. The van der Waals surface area contributed by atoms with Crippen molar-refractivity contribution in [2.45, 2.75) is 66.9 Å². The summed E-state index contributed by atoms with van der Waals surface area (Å²) in [5, 5.41) is 14.7. The Kier molecular flexibility index (Phi) is 12.3. The van der Waals surface area contributed by atoms with Crippen LogP contribution in [0.5, 0.6) is 0 Å². The Balaban J connectivity index is 1.41. The SMILES string of the molecule is CC1=C(C(=O)OCC(C)(C)COC/C(C)=C/c2ccc(Cc3cccnc3)cc2)C(c2cccc([N+](=O)[O-])c2)C(C(=O)OC(C)C)=C(C)N1. The maximum absolute atomic E-state index is 13.8. The van der Waals surface area contributed by atoms with E-state index in [0.717, 1.165) is 23.1 Å². The molecule has 0 spiro atoms. The first-order chi connectivity index (χ1) is 23.2. The first-order valence-electron chi connectivity index (χ1n) is 16.3. The highest BCUT2D eigenvalue weighted by Gasteiger charge is 2.39. The molecular weight excluding hydrogens is 622 g/mol. The largest absolute Gasteiger partial charge is 0.462 e. The summed E-state index contributed by atoms with van der Waals surface area (Å²) in [5.41, 5.74) is 5.57. The monoisotopic (exact) mass is 667 g/mol. The summed E-state index contributed by atoms with van der Waals surface area (Å²) >= 11 is 0. The topological polar surface area (TPSA) is 130 Å². The Labute approximate surface area is 288 Å². The number of carbonyl (C=O) groups excluding carboxylic acids is 2. The van der Waals surface area contributed by atoms with Crippen LogP contribution in [0.25, 0.3) is 6.08 Å². The van der Waals surface area contributed by atoms with E-state index in [2.05, 4.69) is 46.7 Å². The molecule has 3 aromatic rings. The van der Waals surface area contributed by atoms with Crippen molar-refractivity contribution in [2.75, 3.05) is 19.8 Å². The van der Waals surface area contributed by atoms with Gasteiger partial charge in [-0.1, -0.05) is 62.4 Å². The number of non-ortho nitro benzene ring substituents is 1. The van der Waals surface area contributed by atoms with Crippen molar-refractivity contribution < 1.29 is 28.7 Å². The molecule has 1 atom stereocenters. The molecule has 1 unspecified atom stereocenters. The lowest BCUT2D eigenvalue weighted by atomic mass is 9.80. The molecule has 2 aromatic carbocycles. The molecule has 49 heavy (non-hydrogen) atoms. The van der Waals surface area contributed by atoms with Crippen molar-refractivity contribution in [2.24, 2.45) is 5.41 Å². The maximum Gasteiger partial charge on any atom is 0.337 e. The molecule has 1 aromatic heterocycles. The Bertz CT molecular complexity index is 1760. The van der Waals surface area contributed by atoms with Crippen LogP contribution in [0, 0.1) is 15.5 Å². The third-order valence-corrected chi connectivity index (χ3v) is 7.90. The number of nitrogens with zero attached hydrogens (tertiary/aromatic N) is 2. The molecule has 258 valence electrons.